The van der Waals surface area contributed by atoms with Gasteiger partial charge in [0.1, 0.15) is 6.04 Å². The van der Waals surface area contributed by atoms with E-state index in [2.05, 4.69) is 10.1 Å². The van der Waals surface area contributed by atoms with Gasteiger partial charge in [0.15, 0.2) is 0 Å². The van der Waals surface area contributed by atoms with Crippen LogP contribution in [0.5, 0.6) is 0 Å². The molecule has 1 saturated heterocycles. The summed E-state index contributed by atoms with van der Waals surface area (Å²) in [7, 11) is 0. The molecule has 1 aliphatic heterocycles. The molecule has 0 N–H and O–H groups in total. The third kappa shape index (κ3) is 2.92. The van der Waals surface area contributed by atoms with Crippen LogP contribution < -0.4 is 0 Å². The number of likely N-dealkylation sites (tertiary alicyclic amines) is 1. The Balaban J connectivity index is 1.54. The van der Waals surface area contributed by atoms with Crippen LogP contribution >= 0.6 is 0 Å². The van der Waals surface area contributed by atoms with Crippen molar-refractivity contribution >= 4 is 16.9 Å². The van der Waals surface area contributed by atoms with Crippen molar-refractivity contribution in [2.24, 2.45) is 0 Å². The molecule has 0 saturated carbocycles. The number of nitrogens with zero attached hydrogens (tertiary/aromatic N) is 5. The van der Waals surface area contributed by atoms with E-state index >= 15 is 0 Å². The molecule has 1 aromatic carbocycles. The van der Waals surface area contributed by atoms with Gasteiger partial charge in [-0.05, 0) is 44.4 Å². The fourth-order valence-corrected chi connectivity index (χ4v) is 3.74. The van der Waals surface area contributed by atoms with Gasteiger partial charge in [-0.1, -0.05) is 12.1 Å². The van der Waals surface area contributed by atoms with Crippen molar-refractivity contribution in [2.75, 3.05) is 6.54 Å². The van der Waals surface area contributed by atoms with Crippen LogP contribution in [0.2, 0.25) is 0 Å². The quantitative estimate of drug-likeness (QED) is 0.735. The van der Waals surface area contributed by atoms with Crippen molar-refractivity contribution in [1.29, 1.82) is 0 Å². The Kier molecular flexibility index (Phi) is 4.03. The van der Waals surface area contributed by atoms with E-state index in [0.717, 1.165) is 42.5 Å². The first-order chi connectivity index (χ1) is 12.1. The van der Waals surface area contributed by atoms with E-state index in [1.165, 1.54) is 0 Å². The Labute approximate surface area is 147 Å². The minimum absolute atomic E-state index is 0.162. The van der Waals surface area contributed by atoms with Crippen LogP contribution in [0.3, 0.4) is 0 Å². The summed E-state index contributed by atoms with van der Waals surface area (Å²) in [5, 5.41) is 4.37. The number of aromatic nitrogens is 4. The highest BCUT2D eigenvalue weighted by Crippen LogP contribution is 2.25. The molecule has 0 aliphatic carbocycles. The maximum atomic E-state index is 13.1. The van der Waals surface area contributed by atoms with E-state index in [0.29, 0.717) is 0 Å². The zero-order valence-electron chi connectivity index (χ0n) is 14.7. The van der Waals surface area contributed by atoms with Crippen molar-refractivity contribution in [3.05, 3.63) is 48.5 Å². The molecule has 1 aliphatic rings. The first kappa shape index (κ1) is 15.9. The predicted molar refractivity (Wildman–Crippen MR) is 96.1 cm³/mol. The average molecular weight is 337 g/mol. The van der Waals surface area contributed by atoms with Gasteiger partial charge in [-0.15, -0.1) is 0 Å². The Hall–Kier alpha value is -2.63. The second-order valence-electron chi connectivity index (χ2n) is 6.88. The maximum absolute atomic E-state index is 13.1. The van der Waals surface area contributed by atoms with Crippen LogP contribution in [0.1, 0.15) is 31.4 Å². The molecule has 130 valence electrons. The van der Waals surface area contributed by atoms with Crippen molar-refractivity contribution in [1.82, 2.24) is 24.2 Å². The molecule has 2 atom stereocenters. The number of carbonyl (C=O) groups excluding carboxylic acids is 1. The number of para-hydroxylation sites is 2. The van der Waals surface area contributed by atoms with Crippen LogP contribution in [-0.2, 0) is 11.3 Å². The molecule has 0 bridgehead atoms. The fourth-order valence-electron chi connectivity index (χ4n) is 3.74. The van der Waals surface area contributed by atoms with E-state index < -0.39 is 0 Å². The summed E-state index contributed by atoms with van der Waals surface area (Å²) >= 11 is 0. The van der Waals surface area contributed by atoms with Gasteiger partial charge in [-0.2, -0.15) is 5.10 Å². The second-order valence-corrected chi connectivity index (χ2v) is 6.88. The highest BCUT2D eigenvalue weighted by Gasteiger charge is 2.32. The lowest BCUT2D eigenvalue weighted by Crippen LogP contribution is -2.41. The van der Waals surface area contributed by atoms with Crippen LogP contribution in [-0.4, -0.2) is 42.7 Å². The fraction of sp³-hybridized carbons (Fsp3) is 0.421. The molecule has 1 fully saturated rings. The topological polar surface area (TPSA) is 56.0 Å². The van der Waals surface area contributed by atoms with E-state index in [1.54, 1.807) is 6.33 Å². The third-order valence-corrected chi connectivity index (χ3v) is 5.08. The first-order valence-corrected chi connectivity index (χ1v) is 8.84. The highest BCUT2D eigenvalue weighted by atomic mass is 16.2. The number of aryl methyl sites for hydroxylation is 1. The van der Waals surface area contributed by atoms with Gasteiger partial charge in [-0.25, -0.2) is 4.98 Å². The van der Waals surface area contributed by atoms with E-state index in [4.69, 9.17) is 0 Å². The standard InChI is InChI=1S/C19H23N5O/c1-14-10-21-22(11-14)12-16-6-5-9-23(16)19(25)15(2)24-13-20-17-7-3-4-8-18(17)24/h3-4,7-8,10-11,13,15-16H,5-6,9,12H2,1-2H3/t15-,16-/m1/s1. The van der Waals surface area contributed by atoms with Gasteiger partial charge in [-0.3, -0.25) is 9.48 Å². The summed E-state index contributed by atoms with van der Waals surface area (Å²) in [6.45, 7) is 5.58. The van der Waals surface area contributed by atoms with Gasteiger partial charge in [0, 0.05) is 12.7 Å². The normalized spacial score (nSPS) is 18.8. The van der Waals surface area contributed by atoms with Crippen LogP contribution in [0.15, 0.2) is 43.0 Å². The lowest BCUT2D eigenvalue weighted by molar-refractivity contribution is -0.135. The molecule has 0 radical (unpaired) electrons. The summed E-state index contributed by atoms with van der Waals surface area (Å²) in [5.74, 6) is 0.162. The minimum atomic E-state index is -0.257. The predicted octanol–water partition coefficient (Wildman–Crippen LogP) is 2.79. The van der Waals surface area contributed by atoms with E-state index in [-0.39, 0.29) is 18.0 Å². The first-order valence-electron chi connectivity index (χ1n) is 8.84. The molecule has 0 spiro atoms. The zero-order chi connectivity index (χ0) is 17.4. The smallest absolute Gasteiger partial charge is 0.245 e. The number of hydrogen-bond acceptors (Lipinski definition) is 3. The number of hydrogen-bond donors (Lipinski definition) is 0. The number of imidazole rings is 1. The molecule has 3 aromatic rings. The monoisotopic (exact) mass is 337 g/mol. The summed E-state index contributed by atoms with van der Waals surface area (Å²) in [6, 6.07) is 7.89. The van der Waals surface area contributed by atoms with Gasteiger partial charge in [0.25, 0.3) is 0 Å². The van der Waals surface area contributed by atoms with Gasteiger partial charge in [0.05, 0.1) is 36.1 Å². The van der Waals surface area contributed by atoms with Crippen LogP contribution in [0, 0.1) is 6.92 Å². The highest BCUT2D eigenvalue weighted by molar-refractivity contribution is 5.84. The number of benzene rings is 1. The molecule has 6 heteroatoms. The summed E-state index contributed by atoms with van der Waals surface area (Å²) in [5.41, 5.74) is 3.07. The largest absolute Gasteiger partial charge is 0.336 e. The van der Waals surface area contributed by atoms with Crippen LogP contribution in [0.4, 0.5) is 0 Å². The molecule has 25 heavy (non-hydrogen) atoms. The molecule has 4 rings (SSSR count). The van der Waals surface area contributed by atoms with Gasteiger partial charge in [0.2, 0.25) is 5.91 Å². The molecule has 1 amide bonds. The lowest BCUT2D eigenvalue weighted by Gasteiger charge is -2.28. The third-order valence-electron chi connectivity index (χ3n) is 5.08. The van der Waals surface area contributed by atoms with Crippen molar-refractivity contribution < 1.29 is 4.79 Å². The molecule has 0 unspecified atom stereocenters. The Bertz CT molecular complexity index is 896. The minimum Gasteiger partial charge on any atom is -0.336 e. The second kappa shape index (κ2) is 6.35. The number of carbonyl (C=O) groups is 1. The number of fused-ring (bicyclic) bond motifs is 1. The molecule has 2 aromatic heterocycles. The number of rotatable bonds is 4. The lowest BCUT2D eigenvalue weighted by atomic mass is 10.2. The van der Waals surface area contributed by atoms with Gasteiger partial charge < -0.3 is 9.47 Å². The Morgan fingerprint density at radius 3 is 3.00 bits per heavy atom. The zero-order valence-corrected chi connectivity index (χ0v) is 14.7. The number of amides is 1. The molecule has 3 heterocycles. The van der Waals surface area contributed by atoms with Crippen molar-refractivity contribution in [3.63, 3.8) is 0 Å². The Morgan fingerprint density at radius 1 is 1.36 bits per heavy atom. The molecular formula is C19H23N5O. The SMILES string of the molecule is Cc1cnn(C[C@H]2CCCN2C(=O)[C@@H](C)n2cnc3ccccc32)c1. The van der Waals surface area contributed by atoms with E-state index in [1.807, 2.05) is 64.7 Å². The molecule has 6 nitrogen and oxygen atoms in total. The maximum Gasteiger partial charge on any atom is 0.245 e. The average Bonchev–Trinajstić information content (AvgIpc) is 3.34. The Morgan fingerprint density at radius 2 is 2.20 bits per heavy atom. The molecular weight excluding hydrogens is 314 g/mol. The van der Waals surface area contributed by atoms with Crippen molar-refractivity contribution in [3.8, 4) is 0 Å². The van der Waals surface area contributed by atoms with Crippen LogP contribution in [0.25, 0.3) is 11.0 Å². The van der Waals surface area contributed by atoms with Gasteiger partial charge >= 0.3 is 0 Å². The summed E-state index contributed by atoms with van der Waals surface area (Å²) < 4.78 is 3.92. The van der Waals surface area contributed by atoms with Crippen molar-refractivity contribution in [2.45, 2.75) is 45.3 Å². The van der Waals surface area contributed by atoms with E-state index in [9.17, 15) is 4.79 Å². The summed E-state index contributed by atoms with van der Waals surface area (Å²) in [6.07, 6.45) is 7.75. The summed E-state index contributed by atoms with van der Waals surface area (Å²) in [4.78, 5) is 19.6.